The lowest BCUT2D eigenvalue weighted by Gasteiger charge is -2.11. The van der Waals surface area contributed by atoms with Crippen LogP contribution in [0.15, 0.2) is 47.4 Å². The van der Waals surface area contributed by atoms with Gasteiger partial charge in [0, 0.05) is 6.54 Å². The van der Waals surface area contributed by atoms with Gasteiger partial charge >= 0.3 is 0 Å². The van der Waals surface area contributed by atoms with E-state index in [1.165, 1.54) is 18.2 Å². The quantitative estimate of drug-likeness (QED) is 0.620. The summed E-state index contributed by atoms with van der Waals surface area (Å²) in [5, 5.41) is 17.4. The third-order valence-electron chi connectivity index (χ3n) is 3.02. The number of hydrogen-bond donors (Lipinski definition) is 4. The molecular formula is C14H17N3O3S. The van der Waals surface area contributed by atoms with E-state index in [2.05, 4.69) is 5.32 Å². The molecule has 7 heteroatoms. The first kappa shape index (κ1) is 15.1. The fourth-order valence-electron chi connectivity index (χ4n) is 1.87. The number of nitrogens with one attached hydrogen (secondary N) is 1. The van der Waals surface area contributed by atoms with Crippen molar-refractivity contribution >= 4 is 21.4 Å². The average molecular weight is 307 g/mol. The van der Waals surface area contributed by atoms with E-state index in [9.17, 15) is 13.5 Å². The Morgan fingerprint density at radius 1 is 1.10 bits per heavy atom. The number of hydrogen-bond acceptors (Lipinski definition) is 5. The van der Waals surface area contributed by atoms with E-state index in [1.807, 2.05) is 12.1 Å². The van der Waals surface area contributed by atoms with Gasteiger partial charge in [-0.05, 0) is 42.3 Å². The zero-order valence-corrected chi connectivity index (χ0v) is 12.1. The Morgan fingerprint density at radius 2 is 1.76 bits per heavy atom. The maximum Gasteiger partial charge on any atom is 0.238 e. The summed E-state index contributed by atoms with van der Waals surface area (Å²) < 4.78 is 22.6. The SMILES string of the molecule is Nc1ccc(S(N)(=O)=O)cc1NCCc1ccc(O)cc1. The molecule has 0 fully saturated rings. The third-order valence-corrected chi connectivity index (χ3v) is 3.93. The van der Waals surface area contributed by atoms with E-state index in [4.69, 9.17) is 10.9 Å². The maximum atomic E-state index is 11.3. The lowest BCUT2D eigenvalue weighted by Crippen LogP contribution is -2.13. The molecule has 0 saturated carbocycles. The summed E-state index contributed by atoms with van der Waals surface area (Å²) in [7, 11) is -3.75. The van der Waals surface area contributed by atoms with Crippen molar-refractivity contribution in [3.8, 4) is 5.75 Å². The van der Waals surface area contributed by atoms with Gasteiger partial charge in [0.2, 0.25) is 10.0 Å². The van der Waals surface area contributed by atoms with Crippen molar-refractivity contribution < 1.29 is 13.5 Å². The summed E-state index contributed by atoms with van der Waals surface area (Å²) in [6, 6.07) is 11.2. The van der Waals surface area contributed by atoms with Gasteiger partial charge in [-0.25, -0.2) is 13.6 Å². The first-order valence-electron chi connectivity index (χ1n) is 6.30. The zero-order chi connectivity index (χ0) is 15.5. The topological polar surface area (TPSA) is 118 Å². The summed E-state index contributed by atoms with van der Waals surface area (Å²) in [5.74, 6) is 0.219. The van der Waals surface area contributed by atoms with E-state index in [0.29, 0.717) is 24.3 Å². The maximum absolute atomic E-state index is 11.3. The Hall–Kier alpha value is -2.25. The molecular weight excluding hydrogens is 290 g/mol. The lowest BCUT2D eigenvalue weighted by atomic mass is 10.1. The molecule has 0 aliphatic carbocycles. The van der Waals surface area contributed by atoms with Crippen molar-refractivity contribution in [2.24, 2.45) is 5.14 Å². The van der Waals surface area contributed by atoms with Crippen LogP contribution >= 0.6 is 0 Å². The molecule has 0 heterocycles. The molecule has 0 bridgehead atoms. The Labute approximate surface area is 123 Å². The van der Waals surface area contributed by atoms with Gasteiger partial charge in [0.05, 0.1) is 16.3 Å². The molecule has 2 rings (SSSR count). The fraction of sp³-hybridized carbons (Fsp3) is 0.143. The number of primary sulfonamides is 1. The van der Waals surface area contributed by atoms with Gasteiger partial charge in [-0.3, -0.25) is 0 Å². The Kier molecular flexibility index (Phi) is 4.35. The molecule has 2 aromatic carbocycles. The number of phenols is 1. The van der Waals surface area contributed by atoms with Crippen LogP contribution in [0, 0.1) is 0 Å². The van der Waals surface area contributed by atoms with Crippen molar-refractivity contribution in [3.05, 3.63) is 48.0 Å². The van der Waals surface area contributed by atoms with Gasteiger partial charge in [0.25, 0.3) is 0 Å². The van der Waals surface area contributed by atoms with E-state index >= 15 is 0 Å². The molecule has 112 valence electrons. The monoisotopic (exact) mass is 307 g/mol. The standard InChI is InChI=1S/C14H17N3O3S/c15-13-6-5-12(21(16,19)20)9-14(13)17-8-7-10-1-3-11(18)4-2-10/h1-6,9,17-18H,7-8,15H2,(H2,16,19,20). The van der Waals surface area contributed by atoms with Gasteiger partial charge in [-0.2, -0.15) is 0 Å². The molecule has 0 atom stereocenters. The van der Waals surface area contributed by atoms with E-state index in [0.717, 1.165) is 5.56 Å². The summed E-state index contributed by atoms with van der Waals surface area (Å²) in [6.45, 7) is 0.572. The van der Waals surface area contributed by atoms with Gasteiger partial charge in [0.1, 0.15) is 5.75 Å². The number of rotatable bonds is 5. The van der Waals surface area contributed by atoms with E-state index in [-0.39, 0.29) is 10.6 Å². The van der Waals surface area contributed by atoms with Crippen LogP contribution in [0.5, 0.6) is 5.75 Å². The number of aromatic hydroxyl groups is 1. The number of anilines is 2. The third kappa shape index (κ3) is 4.11. The van der Waals surface area contributed by atoms with Gasteiger partial charge in [0.15, 0.2) is 0 Å². The molecule has 0 amide bonds. The minimum atomic E-state index is -3.75. The van der Waals surface area contributed by atoms with E-state index in [1.54, 1.807) is 12.1 Å². The highest BCUT2D eigenvalue weighted by atomic mass is 32.2. The number of benzene rings is 2. The average Bonchev–Trinajstić information content (AvgIpc) is 2.42. The first-order valence-corrected chi connectivity index (χ1v) is 7.85. The lowest BCUT2D eigenvalue weighted by molar-refractivity contribution is 0.475. The van der Waals surface area contributed by atoms with Crippen LogP contribution in [0.3, 0.4) is 0 Å². The van der Waals surface area contributed by atoms with Crippen molar-refractivity contribution in [1.82, 2.24) is 0 Å². The van der Waals surface area contributed by atoms with Crippen LogP contribution < -0.4 is 16.2 Å². The van der Waals surface area contributed by atoms with Crippen LogP contribution in [0.25, 0.3) is 0 Å². The minimum absolute atomic E-state index is 0.0174. The number of phenolic OH excluding ortho intramolecular Hbond substituents is 1. The second kappa shape index (κ2) is 6.02. The minimum Gasteiger partial charge on any atom is -0.508 e. The summed E-state index contributed by atoms with van der Waals surface area (Å²) >= 11 is 0. The summed E-state index contributed by atoms with van der Waals surface area (Å²) in [4.78, 5) is 0.0174. The van der Waals surface area contributed by atoms with Crippen molar-refractivity contribution in [2.45, 2.75) is 11.3 Å². The molecule has 0 aliphatic rings. The molecule has 0 spiro atoms. The van der Waals surface area contributed by atoms with E-state index < -0.39 is 10.0 Å². The van der Waals surface area contributed by atoms with Crippen LogP contribution in [0.2, 0.25) is 0 Å². The number of nitrogens with two attached hydrogens (primary N) is 2. The van der Waals surface area contributed by atoms with Crippen molar-refractivity contribution in [1.29, 1.82) is 0 Å². The van der Waals surface area contributed by atoms with Gasteiger partial charge in [-0.1, -0.05) is 12.1 Å². The van der Waals surface area contributed by atoms with Crippen LogP contribution in [0.4, 0.5) is 11.4 Å². The Morgan fingerprint density at radius 3 is 2.38 bits per heavy atom. The molecule has 0 unspecified atom stereocenters. The summed E-state index contributed by atoms with van der Waals surface area (Å²) in [5.41, 5.74) is 7.82. The zero-order valence-electron chi connectivity index (χ0n) is 11.3. The molecule has 21 heavy (non-hydrogen) atoms. The molecule has 6 nitrogen and oxygen atoms in total. The molecule has 0 aromatic heterocycles. The fourth-order valence-corrected chi connectivity index (χ4v) is 2.41. The predicted molar refractivity (Wildman–Crippen MR) is 82.5 cm³/mol. The highest BCUT2D eigenvalue weighted by Gasteiger charge is 2.10. The van der Waals surface area contributed by atoms with Crippen LogP contribution in [-0.4, -0.2) is 20.1 Å². The second-order valence-corrected chi connectivity index (χ2v) is 6.20. The molecule has 0 radical (unpaired) electrons. The molecule has 6 N–H and O–H groups in total. The largest absolute Gasteiger partial charge is 0.508 e. The number of sulfonamides is 1. The Balaban J connectivity index is 2.04. The van der Waals surface area contributed by atoms with Crippen LogP contribution in [-0.2, 0) is 16.4 Å². The molecule has 2 aromatic rings. The normalized spacial score (nSPS) is 11.3. The Bertz CT molecular complexity index is 728. The van der Waals surface area contributed by atoms with Crippen molar-refractivity contribution in [2.75, 3.05) is 17.6 Å². The van der Waals surface area contributed by atoms with Crippen molar-refractivity contribution in [3.63, 3.8) is 0 Å². The molecule has 0 aliphatic heterocycles. The molecule has 0 saturated heterocycles. The van der Waals surface area contributed by atoms with Gasteiger partial charge in [-0.15, -0.1) is 0 Å². The van der Waals surface area contributed by atoms with Gasteiger partial charge < -0.3 is 16.2 Å². The predicted octanol–water partition coefficient (Wildman–Crippen LogP) is 1.28. The summed E-state index contributed by atoms with van der Waals surface area (Å²) in [6.07, 6.45) is 0.708. The van der Waals surface area contributed by atoms with Crippen LogP contribution in [0.1, 0.15) is 5.56 Å². The highest BCUT2D eigenvalue weighted by molar-refractivity contribution is 7.89. The smallest absolute Gasteiger partial charge is 0.238 e. The highest BCUT2D eigenvalue weighted by Crippen LogP contribution is 2.22. The number of nitrogen functional groups attached to an aromatic ring is 1. The second-order valence-electron chi connectivity index (χ2n) is 4.64. The first-order chi connectivity index (χ1) is 9.86.